The molecule has 2 saturated heterocycles. The maximum absolute atomic E-state index is 12.2. The number of amides is 1. The van der Waals surface area contributed by atoms with Crippen molar-refractivity contribution in [2.24, 2.45) is 5.92 Å². The van der Waals surface area contributed by atoms with Crippen molar-refractivity contribution in [3.8, 4) is 0 Å². The zero-order valence-electron chi connectivity index (χ0n) is 16.4. The number of hydrogen-bond acceptors (Lipinski definition) is 5. The molecule has 0 spiro atoms. The Balaban J connectivity index is 1.51. The van der Waals surface area contributed by atoms with E-state index in [0.29, 0.717) is 12.5 Å². The molecule has 1 amide bonds. The standard InChI is InChI=1S/C22H28N2O4/c1-21-10-8-16(14-23-20(26)18-9-11-24-27-18)19(25)22(2,28-21)13-17(12-21)15-6-4-3-5-7-15/h3-7,9,11,16-17,19,25H,8,10,12-14H2,1-2H3,(H,23,26)/t16-,17-,19-,21-,22-/m0/s1. The summed E-state index contributed by atoms with van der Waals surface area (Å²) in [7, 11) is 0. The zero-order chi connectivity index (χ0) is 19.8. The molecule has 2 aliphatic heterocycles. The largest absolute Gasteiger partial charge is 0.390 e. The Labute approximate surface area is 165 Å². The average molecular weight is 384 g/mol. The van der Waals surface area contributed by atoms with Gasteiger partial charge in [-0.15, -0.1) is 0 Å². The summed E-state index contributed by atoms with van der Waals surface area (Å²) in [5.74, 6) is 0.145. The van der Waals surface area contributed by atoms with Crippen molar-refractivity contribution in [1.29, 1.82) is 0 Å². The molecule has 28 heavy (non-hydrogen) atoms. The number of aliphatic hydroxyl groups excluding tert-OH is 1. The number of carbonyl (C=O) groups excluding carboxylic acids is 1. The highest BCUT2D eigenvalue weighted by Gasteiger charge is 2.52. The highest BCUT2D eigenvalue weighted by Crippen LogP contribution is 2.50. The number of benzene rings is 1. The van der Waals surface area contributed by atoms with E-state index in [2.05, 4.69) is 41.7 Å². The fourth-order valence-corrected chi connectivity index (χ4v) is 5.03. The number of aliphatic hydroxyl groups is 1. The first kappa shape index (κ1) is 19.2. The number of nitrogens with one attached hydrogen (secondary N) is 1. The maximum Gasteiger partial charge on any atom is 0.289 e. The summed E-state index contributed by atoms with van der Waals surface area (Å²) in [6.45, 7) is 4.55. The summed E-state index contributed by atoms with van der Waals surface area (Å²) < 4.78 is 11.4. The highest BCUT2D eigenvalue weighted by atomic mass is 16.5. The van der Waals surface area contributed by atoms with Gasteiger partial charge in [-0.1, -0.05) is 35.5 Å². The Hall–Kier alpha value is -2.18. The SMILES string of the molecule is C[C@]12CC[C@@H](CNC(=O)c3ccno3)[C@H](O)[C@](C)(C[C@@H](c3ccccc3)C1)O2. The molecule has 6 heteroatoms. The van der Waals surface area contributed by atoms with Gasteiger partial charge in [-0.05, 0) is 51.0 Å². The van der Waals surface area contributed by atoms with Crippen molar-refractivity contribution in [1.82, 2.24) is 10.5 Å². The highest BCUT2D eigenvalue weighted by molar-refractivity contribution is 5.91. The lowest BCUT2D eigenvalue weighted by Crippen LogP contribution is -2.54. The van der Waals surface area contributed by atoms with Crippen LogP contribution in [0.25, 0.3) is 0 Å². The van der Waals surface area contributed by atoms with Gasteiger partial charge in [-0.2, -0.15) is 0 Å². The van der Waals surface area contributed by atoms with E-state index in [1.54, 1.807) is 0 Å². The molecule has 3 heterocycles. The molecule has 1 aromatic carbocycles. The average Bonchev–Trinajstić information content (AvgIpc) is 3.20. The molecule has 6 nitrogen and oxygen atoms in total. The van der Waals surface area contributed by atoms with Gasteiger partial charge < -0.3 is 19.7 Å². The molecule has 4 rings (SSSR count). The van der Waals surface area contributed by atoms with Crippen LogP contribution in [-0.2, 0) is 4.74 Å². The lowest BCUT2D eigenvalue weighted by atomic mass is 9.74. The van der Waals surface area contributed by atoms with E-state index in [4.69, 9.17) is 9.26 Å². The quantitative estimate of drug-likeness (QED) is 0.845. The second kappa shape index (κ2) is 7.33. The smallest absolute Gasteiger partial charge is 0.289 e. The van der Waals surface area contributed by atoms with Gasteiger partial charge in [0.15, 0.2) is 0 Å². The van der Waals surface area contributed by atoms with Crippen LogP contribution in [0, 0.1) is 5.92 Å². The van der Waals surface area contributed by atoms with E-state index in [0.717, 1.165) is 25.7 Å². The first-order valence-electron chi connectivity index (χ1n) is 10.0. The summed E-state index contributed by atoms with van der Waals surface area (Å²) in [6.07, 6.45) is 4.14. The third-order valence-corrected chi connectivity index (χ3v) is 6.38. The molecule has 5 atom stereocenters. The second-order valence-electron chi connectivity index (χ2n) is 8.71. The van der Waals surface area contributed by atoms with Gasteiger partial charge in [0, 0.05) is 18.5 Å². The van der Waals surface area contributed by atoms with Crippen LogP contribution in [0.15, 0.2) is 47.1 Å². The summed E-state index contributed by atoms with van der Waals surface area (Å²) in [5, 5.41) is 17.7. The van der Waals surface area contributed by atoms with Crippen LogP contribution in [-0.4, -0.2) is 40.0 Å². The number of rotatable bonds is 4. The van der Waals surface area contributed by atoms with Crippen molar-refractivity contribution in [2.45, 2.75) is 62.8 Å². The molecule has 0 unspecified atom stereocenters. The Bertz CT molecular complexity index is 809. The first-order valence-corrected chi connectivity index (χ1v) is 10.0. The molecule has 0 aliphatic carbocycles. The lowest BCUT2D eigenvalue weighted by Gasteiger charge is -2.49. The molecule has 2 aliphatic rings. The minimum atomic E-state index is -0.657. The summed E-state index contributed by atoms with van der Waals surface area (Å²) in [6, 6.07) is 12.0. The van der Waals surface area contributed by atoms with E-state index in [9.17, 15) is 9.90 Å². The molecule has 2 aromatic rings. The monoisotopic (exact) mass is 384 g/mol. The molecular formula is C22H28N2O4. The molecule has 2 bridgehead atoms. The Morgan fingerprint density at radius 1 is 1.25 bits per heavy atom. The summed E-state index contributed by atoms with van der Waals surface area (Å²) in [4.78, 5) is 12.2. The molecular weight excluding hydrogens is 356 g/mol. The number of carbonyl (C=O) groups is 1. The fourth-order valence-electron chi connectivity index (χ4n) is 5.03. The van der Waals surface area contributed by atoms with Gasteiger partial charge in [0.2, 0.25) is 5.76 Å². The van der Waals surface area contributed by atoms with E-state index >= 15 is 0 Å². The zero-order valence-corrected chi connectivity index (χ0v) is 16.4. The van der Waals surface area contributed by atoms with Gasteiger partial charge in [0.25, 0.3) is 5.91 Å². The topological polar surface area (TPSA) is 84.6 Å². The van der Waals surface area contributed by atoms with Crippen LogP contribution < -0.4 is 5.32 Å². The van der Waals surface area contributed by atoms with Crippen LogP contribution in [0.2, 0.25) is 0 Å². The van der Waals surface area contributed by atoms with Gasteiger partial charge in [-0.25, -0.2) is 0 Å². The summed E-state index contributed by atoms with van der Waals surface area (Å²) in [5.41, 5.74) is 0.372. The molecule has 0 saturated carbocycles. The number of aromatic nitrogens is 1. The van der Waals surface area contributed by atoms with Crippen molar-refractivity contribution >= 4 is 5.91 Å². The van der Waals surface area contributed by atoms with Crippen molar-refractivity contribution < 1.29 is 19.2 Å². The lowest BCUT2D eigenvalue weighted by molar-refractivity contribution is -0.215. The normalized spacial score (nSPS) is 35.2. The third kappa shape index (κ3) is 3.71. The van der Waals surface area contributed by atoms with E-state index in [1.165, 1.54) is 17.8 Å². The van der Waals surface area contributed by atoms with Gasteiger partial charge in [0.05, 0.1) is 23.5 Å². The van der Waals surface area contributed by atoms with Gasteiger partial charge in [0.1, 0.15) is 0 Å². The van der Waals surface area contributed by atoms with E-state index < -0.39 is 11.7 Å². The van der Waals surface area contributed by atoms with E-state index in [-0.39, 0.29) is 23.2 Å². The van der Waals surface area contributed by atoms with Crippen LogP contribution in [0.1, 0.15) is 61.6 Å². The van der Waals surface area contributed by atoms with Crippen molar-refractivity contribution in [3.63, 3.8) is 0 Å². The third-order valence-electron chi connectivity index (χ3n) is 6.38. The van der Waals surface area contributed by atoms with Crippen molar-refractivity contribution in [3.05, 3.63) is 53.9 Å². The molecule has 0 radical (unpaired) electrons. The van der Waals surface area contributed by atoms with Crippen molar-refractivity contribution in [2.75, 3.05) is 6.54 Å². The second-order valence-corrected chi connectivity index (χ2v) is 8.71. The minimum absolute atomic E-state index is 0.0757. The fraction of sp³-hybridized carbons (Fsp3) is 0.545. The Morgan fingerprint density at radius 3 is 2.75 bits per heavy atom. The Morgan fingerprint density at radius 2 is 2.04 bits per heavy atom. The van der Waals surface area contributed by atoms with Crippen LogP contribution in [0.5, 0.6) is 0 Å². The van der Waals surface area contributed by atoms with Gasteiger partial charge >= 0.3 is 0 Å². The van der Waals surface area contributed by atoms with E-state index in [1.807, 2.05) is 13.0 Å². The first-order chi connectivity index (χ1) is 13.4. The predicted molar refractivity (Wildman–Crippen MR) is 104 cm³/mol. The molecule has 2 N–H and O–H groups in total. The van der Waals surface area contributed by atoms with Crippen LogP contribution in [0.4, 0.5) is 0 Å². The predicted octanol–water partition coefficient (Wildman–Crippen LogP) is 3.29. The number of fused-ring (bicyclic) bond motifs is 2. The number of ether oxygens (including phenoxy) is 1. The molecule has 150 valence electrons. The maximum atomic E-state index is 12.2. The van der Waals surface area contributed by atoms with Crippen LogP contribution >= 0.6 is 0 Å². The number of hydrogen-bond donors (Lipinski definition) is 2. The Kier molecular flexibility index (Phi) is 5.02. The molecule has 1 aromatic heterocycles. The minimum Gasteiger partial charge on any atom is -0.390 e. The van der Waals surface area contributed by atoms with Gasteiger partial charge in [-0.3, -0.25) is 4.79 Å². The number of nitrogens with zero attached hydrogens (tertiary/aromatic N) is 1. The van der Waals surface area contributed by atoms with Crippen LogP contribution in [0.3, 0.4) is 0 Å². The molecule has 2 fully saturated rings. The summed E-state index contributed by atoms with van der Waals surface area (Å²) >= 11 is 0.